The first-order chi connectivity index (χ1) is 15.3. The van der Waals surface area contributed by atoms with Crippen LogP contribution in [0.4, 0.5) is 0 Å². The number of likely N-dealkylation sites (N-methyl/N-ethyl adjacent to an activating group) is 1. The number of hydrogen-bond donors (Lipinski definition) is 1. The highest BCUT2D eigenvalue weighted by molar-refractivity contribution is 5.95. The van der Waals surface area contributed by atoms with Gasteiger partial charge in [-0.3, -0.25) is 9.59 Å². The number of likely N-dealkylation sites (tertiary alicyclic amines) is 1. The summed E-state index contributed by atoms with van der Waals surface area (Å²) in [6.07, 6.45) is 3.66. The number of hydrogen-bond acceptors (Lipinski definition) is 5. The minimum Gasteiger partial charge on any atom is -0.348 e. The maximum atomic E-state index is 13.2. The zero-order valence-corrected chi connectivity index (χ0v) is 19.6. The molecule has 1 N–H and O–H groups in total. The van der Waals surface area contributed by atoms with Crippen molar-refractivity contribution < 1.29 is 9.59 Å². The summed E-state index contributed by atoms with van der Waals surface area (Å²) in [5, 5.41) is 11.4. The molecule has 2 amide bonds. The van der Waals surface area contributed by atoms with Gasteiger partial charge in [0.1, 0.15) is 5.82 Å². The molecule has 0 bridgehead atoms. The number of carbonyl (C=O) groups is 2. The van der Waals surface area contributed by atoms with Gasteiger partial charge in [-0.2, -0.15) is 0 Å². The van der Waals surface area contributed by atoms with Crippen molar-refractivity contribution in [1.29, 1.82) is 0 Å². The summed E-state index contributed by atoms with van der Waals surface area (Å²) in [6, 6.07) is 6.06. The van der Waals surface area contributed by atoms with Gasteiger partial charge < -0.3 is 19.7 Å². The van der Waals surface area contributed by atoms with Crippen LogP contribution < -0.4 is 5.32 Å². The van der Waals surface area contributed by atoms with E-state index >= 15 is 0 Å². The topological polar surface area (TPSA) is 83.4 Å². The van der Waals surface area contributed by atoms with E-state index in [0.29, 0.717) is 18.9 Å². The Bertz CT molecular complexity index is 994. The number of fused-ring (bicyclic) bond motifs is 1. The number of aromatic nitrogens is 3. The zero-order valence-electron chi connectivity index (χ0n) is 19.6. The number of benzene rings is 1. The van der Waals surface area contributed by atoms with E-state index in [4.69, 9.17) is 0 Å². The van der Waals surface area contributed by atoms with Crippen LogP contribution in [-0.2, 0) is 13.0 Å². The average molecular weight is 439 g/mol. The first-order valence-corrected chi connectivity index (χ1v) is 11.5. The molecule has 1 saturated heterocycles. The Balaban J connectivity index is 1.42. The number of nitrogens with zero attached hydrogens (tertiary/aromatic N) is 5. The van der Waals surface area contributed by atoms with Gasteiger partial charge in [0.2, 0.25) is 5.82 Å². The molecule has 1 aromatic heterocycles. The molecule has 2 aliphatic rings. The van der Waals surface area contributed by atoms with E-state index in [2.05, 4.69) is 21.6 Å². The van der Waals surface area contributed by atoms with E-state index in [1.165, 1.54) is 0 Å². The third kappa shape index (κ3) is 4.70. The fraction of sp³-hybridized carbons (Fsp3) is 0.583. The normalized spacial score (nSPS) is 20.5. The van der Waals surface area contributed by atoms with Gasteiger partial charge in [0.15, 0.2) is 0 Å². The Morgan fingerprint density at radius 1 is 1.06 bits per heavy atom. The summed E-state index contributed by atoms with van der Waals surface area (Å²) in [5.41, 5.74) is 3.09. The second-order valence-electron chi connectivity index (χ2n) is 9.75. The highest BCUT2D eigenvalue weighted by atomic mass is 16.2. The van der Waals surface area contributed by atoms with Crippen molar-refractivity contribution in [3.8, 4) is 0 Å². The van der Waals surface area contributed by atoms with E-state index in [-0.39, 0.29) is 17.2 Å². The Kier molecular flexibility index (Phi) is 6.33. The average Bonchev–Trinajstić information content (AvgIpc) is 3.29. The molecule has 1 aromatic carbocycles. The molecule has 0 radical (unpaired) electrons. The van der Waals surface area contributed by atoms with Crippen LogP contribution in [0.15, 0.2) is 18.2 Å². The van der Waals surface area contributed by atoms with Crippen molar-refractivity contribution >= 4 is 11.8 Å². The fourth-order valence-corrected chi connectivity index (χ4v) is 5.04. The van der Waals surface area contributed by atoms with Crippen LogP contribution in [0.2, 0.25) is 0 Å². The second-order valence-corrected chi connectivity index (χ2v) is 9.75. The highest BCUT2D eigenvalue weighted by Gasteiger charge is 2.41. The predicted molar refractivity (Wildman–Crippen MR) is 123 cm³/mol. The second kappa shape index (κ2) is 9.02. The summed E-state index contributed by atoms with van der Waals surface area (Å²) in [7, 11) is 3.95. The van der Waals surface area contributed by atoms with Crippen LogP contribution >= 0.6 is 0 Å². The number of rotatable bonds is 5. The molecular formula is C24H34N6O2. The number of nitrogens with one attached hydrogen (secondary N) is 1. The van der Waals surface area contributed by atoms with Crippen molar-refractivity contribution in [2.75, 3.05) is 40.3 Å². The maximum Gasteiger partial charge on any atom is 0.289 e. The molecule has 2 aromatic rings. The standard InChI is InChI=1S/C24H34N6O2/c1-17-13-18(2)15-19(14-17)23(32)29-10-7-24(16-29)6-5-20-26-27-21(30(20)11-8-24)22(31)25-9-12-28(3)4/h13-15H,5-12,16H2,1-4H3,(H,25,31)/t24-/m0/s1. The molecule has 3 heterocycles. The van der Waals surface area contributed by atoms with Crippen LogP contribution in [0.1, 0.15) is 57.2 Å². The van der Waals surface area contributed by atoms with Gasteiger partial charge in [0.25, 0.3) is 11.8 Å². The van der Waals surface area contributed by atoms with Gasteiger partial charge in [0, 0.05) is 44.7 Å². The molecule has 172 valence electrons. The van der Waals surface area contributed by atoms with E-state index in [1.54, 1.807) is 0 Å². The quantitative estimate of drug-likeness (QED) is 0.773. The monoisotopic (exact) mass is 438 g/mol. The lowest BCUT2D eigenvalue weighted by Gasteiger charge is -2.27. The summed E-state index contributed by atoms with van der Waals surface area (Å²) < 4.78 is 1.98. The summed E-state index contributed by atoms with van der Waals surface area (Å²) in [4.78, 5) is 29.8. The third-order valence-electron chi connectivity index (χ3n) is 6.81. The molecule has 0 unspecified atom stereocenters. The number of carbonyl (C=O) groups excluding carboxylic acids is 2. The smallest absolute Gasteiger partial charge is 0.289 e. The van der Waals surface area contributed by atoms with E-state index < -0.39 is 0 Å². The summed E-state index contributed by atoms with van der Waals surface area (Å²) in [5.74, 6) is 1.23. The Labute approximate surface area is 190 Å². The molecule has 32 heavy (non-hydrogen) atoms. The molecule has 0 saturated carbocycles. The van der Waals surface area contributed by atoms with Gasteiger partial charge in [0.05, 0.1) is 0 Å². The molecule has 1 atom stereocenters. The summed E-state index contributed by atoms with van der Waals surface area (Å²) in [6.45, 7) is 7.68. The summed E-state index contributed by atoms with van der Waals surface area (Å²) >= 11 is 0. The van der Waals surface area contributed by atoms with Crippen LogP contribution in [0.3, 0.4) is 0 Å². The van der Waals surface area contributed by atoms with Crippen LogP contribution in [-0.4, -0.2) is 76.7 Å². The lowest BCUT2D eigenvalue weighted by molar-refractivity contribution is 0.0767. The minimum atomic E-state index is -0.167. The van der Waals surface area contributed by atoms with Crippen molar-refractivity contribution in [3.63, 3.8) is 0 Å². The van der Waals surface area contributed by atoms with E-state index in [0.717, 1.165) is 67.8 Å². The molecule has 1 fully saturated rings. The first-order valence-electron chi connectivity index (χ1n) is 11.5. The number of aryl methyl sites for hydroxylation is 3. The van der Waals surface area contributed by atoms with Gasteiger partial charge >= 0.3 is 0 Å². The first kappa shape index (κ1) is 22.5. The van der Waals surface area contributed by atoms with Crippen molar-refractivity contribution in [3.05, 3.63) is 46.5 Å². The van der Waals surface area contributed by atoms with Gasteiger partial charge in [-0.25, -0.2) is 0 Å². The molecule has 1 spiro atoms. The van der Waals surface area contributed by atoms with Crippen molar-refractivity contribution in [2.24, 2.45) is 5.41 Å². The highest BCUT2D eigenvalue weighted by Crippen LogP contribution is 2.41. The lowest BCUT2D eigenvalue weighted by Crippen LogP contribution is -2.34. The Morgan fingerprint density at radius 2 is 1.78 bits per heavy atom. The van der Waals surface area contributed by atoms with E-state index in [9.17, 15) is 9.59 Å². The third-order valence-corrected chi connectivity index (χ3v) is 6.81. The van der Waals surface area contributed by atoms with Crippen molar-refractivity contribution in [1.82, 2.24) is 29.9 Å². The molecule has 8 nitrogen and oxygen atoms in total. The Morgan fingerprint density at radius 3 is 2.50 bits per heavy atom. The molecule has 2 aliphatic heterocycles. The van der Waals surface area contributed by atoms with Gasteiger partial charge in [-0.1, -0.05) is 17.2 Å². The Hall–Kier alpha value is -2.74. The maximum absolute atomic E-state index is 13.2. The van der Waals surface area contributed by atoms with Gasteiger partial charge in [-0.05, 0) is 64.8 Å². The SMILES string of the molecule is Cc1cc(C)cc(C(=O)N2CC[C@]3(CCc4nnc(C(=O)NCCN(C)C)n4CC3)C2)c1. The number of amides is 2. The van der Waals surface area contributed by atoms with Crippen LogP contribution in [0.5, 0.6) is 0 Å². The van der Waals surface area contributed by atoms with Crippen LogP contribution in [0.25, 0.3) is 0 Å². The fourth-order valence-electron chi connectivity index (χ4n) is 5.04. The zero-order chi connectivity index (χ0) is 22.9. The molecule has 8 heteroatoms. The predicted octanol–water partition coefficient (Wildman–Crippen LogP) is 2.06. The molecule has 4 rings (SSSR count). The largest absolute Gasteiger partial charge is 0.348 e. The van der Waals surface area contributed by atoms with Crippen LogP contribution in [0, 0.1) is 19.3 Å². The van der Waals surface area contributed by atoms with Gasteiger partial charge in [-0.15, -0.1) is 10.2 Å². The van der Waals surface area contributed by atoms with E-state index in [1.807, 2.05) is 54.4 Å². The lowest BCUT2D eigenvalue weighted by atomic mass is 9.80. The molecule has 0 aliphatic carbocycles. The molecular weight excluding hydrogens is 404 g/mol. The minimum absolute atomic E-state index is 0.0773. The van der Waals surface area contributed by atoms with Crippen molar-refractivity contribution in [2.45, 2.75) is 46.1 Å².